The van der Waals surface area contributed by atoms with Gasteiger partial charge in [-0.1, -0.05) is 0 Å². The molecule has 0 aromatic carbocycles. The Hall–Kier alpha value is 0.774. The van der Waals surface area contributed by atoms with E-state index < -0.39 is 0 Å². The fourth-order valence-corrected chi connectivity index (χ4v) is 0. The van der Waals surface area contributed by atoms with Crippen LogP contribution in [0.25, 0.3) is 0 Å². The monoisotopic (exact) mass is 70.0 g/mol. The maximum atomic E-state index is 4.39. The van der Waals surface area contributed by atoms with E-state index in [2.05, 4.69) is 4.43 Å². The molecule has 0 aromatic rings. The summed E-state index contributed by atoms with van der Waals surface area (Å²) in [4.78, 5) is 0. The third-order valence-corrected chi connectivity index (χ3v) is 0. The van der Waals surface area contributed by atoms with Gasteiger partial charge in [-0.3, -0.25) is 0 Å². The minimum absolute atomic E-state index is 0. The standard InChI is InChI=1S/CH6OSi.Li.H/c1-2-3;;/h1,3H3;;/q;+1;-1. The summed E-state index contributed by atoms with van der Waals surface area (Å²) in [5.41, 5.74) is 0. The zero-order valence-electron chi connectivity index (χ0n) is 4.41. The van der Waals surface area contributed by atoms with Crippen molar-refractivity contribution in [2.75, 3.05) is 7.11 Å². The summed E-state index contributed by atoms with van der Waals surface area (Å²) in [5, 5.41) is 0. The molecular weight excluding hydrogens is 63.0 g/mol. The van der Waals surface area contributed by atoms with E-state index in [-0.39, 0.29) is 20.3 Å². The van der Waals surface area contributed by atoms with Gasteiger partial charge in [0.1, 0.15) is 10.5 Å². The Kier molecular flexibility index (Phi) is 20.4. The fourth-order valence-electron chi connectivity index (χ4n) is 0. The van der Waals surface area contributed by atoms with Crippen LogP contribution in [0.3, 0.4) is 0 Å². The first-order chi connectivity index (χ1) is 1.41. The molecule has 0 unspecified atom stereocenters. The van der Waals surface area contributed by atoms with Gasteiger partial charge >= 0.3 is 18.9 Å². The Morgan fingerprint density at radius 1 is 2.00 bits per heavy atom. The van der Waals surface area contributed by atoms with Crippen LogP contribution in [-0.4, -0.2) is 17.6 Å². The molecule has 0 radical (unpaired) electrons. The van der Waals surface area contributed by atoms with Crippen molar-refractivity contribution < 1.29 is 24.7 Å². The van der Waals surface area contributed by atoms with Crippen molar-refractivity contribution in [3.05, 3.63) is 0 Å². The largest absolute Gasteiger partial charge is 1.00 e. The first-order valence-corrected chi connectivity index (χ1v) is 1.63. The van der Waals surface area contributed by atoms with Gasteiger partial charge in [-0.05, 0) is 0 Å². The molecule has 1 nitrogen and oxygen atoms in total. The van der Waals surface area contributed by atoms with E-state index in [4.69, 9.17) is 0 Å². The molecular formula is CH7LiOSi. The van der Waals surface area contributed by atoms with E-state index in [1.165, 1.54) is 0 Å². The number of rotatable bonds is 0. The van der Waals surface area contributed by atoms with Crippen LogP contribution in [0.2, 0.25) is 0 Å². The van der Waals surface area contributed by atoms with Crippen LogP contribution in [-0.2, 0) is 4.43 Å². The molecule has 0 spiro atoms. The topological polar surface area (TPSA) is 9.23 Å². The predicted octanol–water partition coefficient (Wildman–Crippen LogP) is -3.97. The van der Waals surface area contributed by atoms with Crippen LogP contribution in [0.15, 0.2) is 0 Å². The third kappa shape index (κ3) is 14.6. The Balaban J connectivity index is -0.0000000200. The first kappa shape index (κ1) is 8.84. The molecule has 0 aliphatic heterocycles. The van der Waals surface area contributed by atoms with Gasteiger partial charge in [0, 0.05) is 7.11 Å². The van der Waals surface area contributed by atoms with Crippen LogP contribution in [0.4, 0.5) is 0 Å². The molecule has 0 saturated carbocycles. The van der Waals surface area contributed by atoms with Crippen molar-refractivity contribution in [3.8, 4) is 0 Å². The Morgan fingerprint density at radius 3 is 2.00 bits per heavy atom. The summed E-state index contributed by atoms with van der Waals surface area (Å²) in [5.74, 6) is 0. The van der Waals surface area contributed by atoms with E-state index in [1.807, 2.05) is 0 Å². The van der Waals surface area contributed by atoms with Crippen molar-refractivity contribution in [2.24, 2.45) is 0 Å². The van der Waals surface area contributed by atoms with Crippen molar-refractivity contribution >= 4 is 10.5 Å². The van der Waals surface area contributed by atoms with Crippen molar-refractivity contribution in [2.45, 2.75) is 0 Å². The second-order valence-electron chi connectivity index (χ2n) is 0.408. The van der Waals surface area contributed by atoms with Gasteiger partial charge < -0.3 is 5.85 Å². The zero-order valence-corrected chi connectivity index (χ0v) is 5.41. The fraction of sp³-hybridized carbons (Fsp3) is 1.00. The van der Waals surface area contributed by atoms with Gasteiger partial charge in [0.15, 0.2) is 0 Å². The molecule has 0 aliphatic carbocycles. The van der Waals surface area contributed by atoms with Gasteiger partial charge in [-0.2, -0.15) is 0 Å². The van der Waals surface area contributed by atoms with Crippen LogP contribution in [0, 0.1) is 0 Å². The summed E-state index contributed by atoms with van der Waals surface area (Å²) in [6.07, 6.45) is 0. The van der Waals surface area contributed by atoms with E-state index in [1.54, 1.807) is 7.11 Å². The van der Waals surface area contributed by atoms with E-state index in [9.17, 15) is 0 Å². The molecule has 0 rings (SSSR count). The van der Waals surface area contributed by atoms with Crippen molar-refractivity contribution in [3.63, 3.8) is 0 Å². The second-order valence-corrected chi connectivity index (χ2v) is 1.22. The summed E-state index contributed by atoms with van der Waals surface area (Å²) >= 11 is 0. The molecule has 0 bridgehead atoms. The zero-order chi connectivity index (χ0) is 2.71. The van der Waals surface area contributed by atoms with Gasteiger partial charge in [-0.15, -0.1) is 0 Å². The first-order valence-electron chi connectivity index (χ1n) is 0.816. The minimum Gasteiger partial charge on any atom is -1.00 e. The predicted molar refractivity (Wildman–Crippen MR) is 18.1 cm³/mol. The van der Waals surface area contributed by atoms with E-state index in [0.717, 1.165) is 10.5 Å². The molecule has 4 heavy (non-hydrogen) atoms. The molecule has 0 saturated heterocycles. The average molecular weight is 70.1 g/mol. The van der Waals surface area contributed by atoms with Crippen LogP contribution in [0.1, 0.15) is 1.43 Å². The molecule has 0 N–H and O–H groups in total. The van der Waals surface area contributed by atoms with Gasteiger partial charge in [0.25, 0.3) is 0 Å². The second kappa shape index (κ2) is 9.23. The SMILES string of the molecule is CO[SiH3].[H-].[Li+]. The van der Waals surface area contributed by atoms with Crippen LogP contribution < -0.4 is 18.9 Å². The molecule has 0 atom stereocenters. The molecule has 0 aromatic heterocycles. The maximum Gasteiger partial charge on any atom is 1.00 e. The van der Waals surface area contributed by atoms with Crippen LogP contribution >= 0.6 is 0 Å². The van der Waals surface area contributed by atoms with E-state index >= 15 is 0 Å². The van der Waals surface area contributed by atoms with Crippen LogP contribution in [0.5, 0.6) is 0 Å². The molecule has 3 heteroatoms. The Labute approximate surface area is 42.9 Å². The summed E-state index contributed by atoms with van der Waals surface area (Å²) in [7, 11) is 2.56. The van der Waals surface area contributed by atoms with Crippen molar-refractivity contribution in [1.82, 2.24) is 0 Å². The normalized spacial score (nSPS) is 5.25. The number of hydrogen-bond donors (Lipinski definition) is 0. The van der Waals surface area contributed by atoms with Gasteiger partial charge in [-0.25, -0.2) is 0 Å². The molecule has 0 fully saturated rings. The Morgan fingerprint density at radius 2 is 2.00 bits per heavy atom. The summed E-state index contributed by atoms with van der Waals surface area (Å²) < 4.78 is 4.39. The maximum absolute atomic E-state index is 4.39. The quantitative estimate of drug-likeness (QED) is 0.264. The third-order valence-electron chi connectivity index (χ3n) is 0. The molecule has 22 valence electrons. The Bertz CT molecular complexity index is 11.6. The van der Waals surface area contributed by atoms with E-state index in [0.29, 0.717) is 0 Å². The minimum atomic E-state index is 0. The molecule has 0 amide bonds. The van der Waals surface area contributed by atoms with Crippen molar-refractivity contribution in [1.29, 1.82) is 0 Å². The average Bonchev–Trinajstić information content (AvgIpc) is 0.918. The summed E-state index contributed by atoms with van der Waals surface area (Å²) in [6.45, 7) is 0. The van der Waals surface area contributed by atoms with Gasteiger partial charge in [0.2, 0.25) is 0 Å². The summed E-state index contributed by atoms with van der Waals surface area (Å²) in [6, 6.07) is 0. The molecule has 0 heterocycles. The number of hydrogen-bond acceptors (Lipinski definition) is 1. The van der Waals surface area contributed by atoms with Gasteiger partial charge in [0.05, 0.1) is 0 Å². The smallest absolute Gasteiger partial charge is 1.00 e. The molecule has 0 aliphatic rings.